The second-order valence-corrected chi connectivity index (χ2v) is 5.33. The molecule has 1 heterocycles. The Morgan fingerprint density at radius 3 is 3.00 bits per heavy atom. The topological polar surface area (TPSA) is 58.5 Å². The van der Waals surface area contributed by atoms with Gasteiger partial charge in [0.2, 0.25) is 11.0 Å². The van der Waals surface area contributed by atoms with Crippen molar-refractivity contribution in [2.45, 2.75) is 19.4 Å². The predicted octanol–water partition coefficient (Wildman–Crippen LogP) is 2.48. The summed E-state index contributed by atoms with van der Waals surface area (Å²) < 4.78 is 0. The van der Waals surface area contributed by atoms with E-state index in [0.717, 1.165) is 11.8 Å². The summed E-state index contributed by atoms with van der Waals surface area (Å²) in [5.41, 5.74) is 0.489. The Balaban J connectivity index is 2.10. The molecule has 1 aliphatic rings. The molecule has 0 unspecified atom stereocenters. The van der Waals surface area contributed by atoms with Gasteiger partial charge in [0.05, 0.1) is 6.04 Å². The molecule has 0 radical (unpaired) electrons. The highest BCUT2D eigenvalue weighted by Crippen LogP contribution is 2.19. The third-order valence-electron chi connectivity index (χ3n) is 2.31. The van der Waals surface area contributed by atoms with Gasteiger partial charge in [-0.25, -0.2) is 0 Å². The molecular formula is C12H11ClN2O2S. The molecule has 2 rings (SSSR count). The van der Waals surface area contributed by atoms with Crippen LogP contribution in [0.3, 0.4) is 0 Å². The summed E-state index contributed by atoms with van der Waals surface area (Å²) in [5, 5.41) is 3.25. The van der Waals surface area contributed by atoms with Crippen LogP contribution in [-0.2, 0) is 4.79 Å². The lowest BCUT2D eigenvalue weighted by atomic mass is 10.2. The van der Waals surface area contributed by atoms with Crippen molar-refractivity contribution in [1.29, 1.82) is 0 Å². The number of amidine groups is 1. The summed E-state index contributed by atoms with van der Waals surface area (Å²) in [5.74, 6) is -0.112. The van der Waals surface area contributed by atoms with E-state index in [1.54, 1.807) is 24.3 Å². The van der Waals surface area contributed by atoms with Gasteiger partial charge in [-0.2, -0.15) is 0 Å². The highest BCUT2D eigenvalue weighted by Gasteiger charge is 2.20. The molecule has 0 aromatic heterocycles. The molecule has 1 aliphatic heterocycles. The number of hydrogen-bond acceptors (Lipinski definition) is 4. The molecular weight excluding hydrogens is 272 g/mol. The third-order valence-corrected chi connectivity index (χ3v) is 3.37. The minimum Gasteiger partial charge on any atom is -0.305 e. The number of benzene rings is 1. The summed E-state index contributed by atoms with van der Waals surface area (Å²) in [6, 6.07) is 6.58. The highest BCUT2D eigenvalue weighted by molar-refractivity contribution is 8.26. The van der Waals surface area contributed by atoms with Crippen LogP contribution >= 0.6 is 23.4 Å². The maximum atomic E-state index is 12.0. The fourth-order valence-electron chi connectivity index (χ4n) is 1.53. The zero-order valence-electron chi connectivity index (χ0n) is 9.64. The first-order valence-corrected chi connectivity index (χ1v) is 6.59. The summed E-state index contributed by atoms with van der Waals surface area (Å²) >= 11 is 6.73. The lowest BCUT2D eigenvalue weighted by Crippen LogP contribution is -2.36. The summed E-state index contributed by atoms with van der Waals surface area (Å²) in [7, 11) is 0. The smallest absolute Gasteiger partial charge is 0.228 e. The number of amides is 1. The molecule has 4 nitrogen and oxygen atoms in total. The van der Waals surface area contributed by atoms with Crippen molar-refractivity contribution in [1.82, 2.24) is 5.32 Å². The first-order chi connectivity index (χ1) is 8.54. The molecule has 1 N–H and O–H groups in total. The number of nitrogens with one attached hydrogen (secondary N) is 1. The molecule has 6 heteroatoms. The van der Waals surface area contributed by atoms with E-state index in [0.29, 0.717) is 22.2 Å². The van der Waals surface area contributed by atoms with Crippen molar-refractivity contribution < 1.29 is 9.59 Å². The molecule has 94 valence electrons. The standard InChI is InChI=1S/C12H11ClN2O2S/c1-7-5-10(16)15-12(14-7)18-11(17)8-3-2-4-9(13)6-8/h2-4,6-7H,5H2,1H3,(H,14,15,16)/t7-/m1/s1. The minimum atomic E-state index is -0.189. The SMILES string of the molecule is C[C@@H]1CC(=O)NC(SC(=O)c2cccc(Cl)c2)=N1. The first-order valence-electron chi connectivity index (χ1n) is 5.40. The Hall–Kier alpha value is -1.33. The maximum Gasteiger partial charge on any atom is 0.228 e. The number of thioether (sulfide) groups is 1. The van der Waals surface area contributed by atoms with Gasteiger partial charge in [-0.3, -0.25) is 14.6 Å². The fourth-order valence-corrected chi connectivity index (χ4v) is 2.54. The van der Waals surface area contributed by atoms with Crippen LogP contribution in [0.5, 0.6) is 0 Å². The lowest BCUT2D eigenvalue weighted by Gasteiger charge is -2.16. The van der Waals surface area contributed by atoms with Crippen LogP contribution < -0.4 is 5.32 Å². The molecule has 0 saturated heterocycles. The number of carbonyl (C=O) groups excluding carboxylic acids is 2. The average molecular weight is 283 g/mol. The van der Waals surface area contributed by atoms with E-state index in [1.807, 2.05) is 6.92 Å². The fraction of sp³-hybridized carbons (Fsp3) is 0.250. The van der Waals surface area contributed by atoms with E-state index < -0.39 is 0 Å². The van der Waals surface area contributed by atoms with Crippen molar-refractivity contribution >= 4 is 39.6 Å². The maximum absolute atomic E-state index is 12.0. The van der Waals surface area contributed by atoms with Crippen molar-refractivity contribution in [2.24, 2.45) is 4.99 Å². The normalized spacial score (nSPS) is 19.1. The van der Waals surface area contributed by atoms with E-state index >= 15 is 0 Å². The van der Waals surface area contributed by atoms with Gasteiger partial charge in [-0.1, -0.05) is 23.7 Å². The number of hydrogen-bond donors (Lipinski definition) is 1. The largest absolute Gasteiger partial charge is 0.305 e. The quantitative estimate of drug-likeness (QED) is 0.861. The van der Waals surface area contributed by atoms with E-state index in [1.165, 1.54) is 0 Å². The van der Waals surface area contributed by atoms with Crippen LogP contribution in [0, 0.1) is 0 Å². The van der Waals surface area contributed by atoms with Crippen molar-refractivity contribution in [3.05, 3.63) is 34.9 Å². The van der Waals surface area contributed by atoms with E-state index in [2.05, 4.69) is 10.3 Å². The van der Waals surface area contributed by atoms with E-state index in [4.69, 9.17) is 11.6 Å². The first kappa shape index (κ1) is 13.1. The number of aliphatic imine (C=N–C) groups is 1. The molecule has 1 aromatic rings. The Labute approximate surface area is 114 Å². The Morgan fingerprint density at radius 1 is 1.56 bits per heavy atom. The van der Waals surface area contributed by atoms with Crippen molar-refractivity contribution in [2.75, 3.05) is 0 Å². The van der Waals surface area contributed by atoms with Gasteiger partial charge in [0.25, 0.3) is 0 Å². The Morgan fingerprint density at radius 2 is 2.33 bits per heavy atom. The van der Waals surface area contributed by atoms with Crippen LogP contribution in [0.4, 0.5) is 0 Å². The van der Waals surface area contributed by atoms with Gasteiger partial charge in [0.1, 0.15) is 0 Å². The number of rotatable bonds is 1. The average Bonchev–Trinajstić information content (AvgIpc) is 2.27. The van der Waals surface area contributed by atoms with E-state index in [-0.39, 0.29) is 17.1 Å². The number of halogens is 1. The van der Waals surface area contributed by atoms with Gasteiger partial charge >= 0.3 is 0 Å². The lowest BCUT2D eigenvalue weighted by molar-refractivity contribution is -0.120. The van der Waals surface area contributed by atoms with Crippen LogP contribution in [0.15, 0.2) is 29.3 Å². The van der Waals surface area contributed by atoms with Gasteiger partial charge in [0, 0.05) is 17.0 Å². The summed E-state index contributed by atoms with van der Waals surface area (Å²) in [6.45, 7) is 1.84. The number of carbonyl (C=O) groups is 2. The zero-order chi connectivity index (χ0) is 13.1. The summed E-state index contributed by atoms with van der Waals surface area (Å²) in [6.07, 6.45) is 0.357. The zero-order valence-corrected chi connectivity index (χ0v) is 11.2. The number of nitrogens with zero attached hydrogens (tertiary/aromatic N) is 1. The van der Waals surface area contributed by atoms with Gasteiger partial charge in [-0.05, 0) is 30.8 Å². The predicted molar refractivity (Wildman–Crippen MR) is 73.0 cm³/mol. The molecule has 1 amide bonds. The Kier molecular flexibility index (Phi) is 4.04. The highest BCUT2D eigenvalue weighted by atomic mass is 35.5. The van der Waals surface area contributed by atoms with Crippen molar-refractivity contribution in [3.8, 4) is 0 Å². The van der Waals surface area contributed by atoms with Crippen LogP contribution in [0.1, 0.15) is 23.7 Å². The van der Waals surface area contributed by atoms with Gasteiger partial charge < -0.3 is 5.32 Å². The molecule has 0 saturated carbocycles. The van der Waals surface area contributed by atoms with Crippen molar-refractivity contribution in [3.63, 3.8) is 0 Å². The molecule has 0 aliphatic carbocycles. The minimum absolute atomic E-state index is 0.0894. The molecule has 0 bridgehead atoms. The molecule has 18 heavy (non-hydrogen) atoms. The van der Waals surface area contributed by atoms with Crippen LogP contribution in [-0.4, -0.2) is 22.2 Å². The third kappa shape index (κ3) is 3.34. The molecule has 0 spiro atoms. The van der Waals surface area contributed by atoms with Crippen LogP contribution in [0.2, 0.25) is 5.02 Å². The van der Waals surface area contributed by atoms with Gasteiger partial charge in [-0.15, -0.1) is 0 Å². The van der Waals surface area contributed by atoms with E-state index in [9.17, 15) is 9.59 Å². The Bertz CT molecular complexity index is 531. The van der Waals surface area contributed by atoms with Crippen LogP contribution in [0.25, 0.3) is 0 Å². The van der Waals surface area contributed by atoms with Gasteiger partial charge in [0.15, 0.2) is 5.17 Å². The monoisotopic (exact) mass is 282 g/mol. The molecule has 1 atom stereocenters. The summed E-state index contributed by atoms with van der Waals surface area (Å²) in [4.78, 5) is 27.5. The molecule has 1 aromatic carbocycles. The molecule has 0 fully saturated rings. The second-order valence-electron chi connectivity index (χ2n) is 3.94. The second kappa shape index (κ2) is 5.54.